The van der Waals surface area contributed by atoms with Gasteiger partial charge in [-0.05, 0) is 59.7 Å². The summed E-state index contributed by atoms with van der Waals surface area (Å²) in [6.07, 6.45) is -0.543. The highest BCUT2D eigenvalue weighted by Crippen LogP contribution is 2.50. The molecule has 0 saturated heterocycles. The summed E-state index contributed by atoms with van der Waals surface area (Å²) in [7, 11) is 6.16. The predicted molar refractivity (Wildman–Crippen MR) is 158 cm³/mol. The Morgan fingerprint density at radius 1 is 0.721 bits per heavy atom. The van der Waals surface area contributed by atoms with Crippen molar-refractivity contribution >= 4 is 11.6 Å². The number of hydrogen-bond acceptors (Lipinski definition) is 9. The third-order valence-electron chi connectivity index (χ3n) is 7.92. The monoisotopic (exact) mass is 582 g/mol. The molecule has 0 amide bonds. The Kier molecular flexibility index (Phi) is 7.31. The summed E-state index contributed by atoms with van der Waals surface area (Å²) in [5.41, 5.74) is 2.95. The second-order valence-electron chi connectivity index (χ2n) is 10.2. The van der Waals surface area contributed by atoms with Gasteiger partial charge in [0, 0.05) is 11.6 Å². The standard InChI is InChI=1S/C34H30O9/c1-38-20-7-8-22-30(15-20)42-17-24(33(22)37)18-5-11-27(39-2)23(13-18)32-25(35)10-9-21-26(36)16-29(43-34(21)32)19-6-12-28(40-3)31(14-19)41-4/h5-15,24,29,35H,16-17H2,1-4H3/t24-,29+/m0/s1. The zero-order valence-electron chi connectivity index (χ0n) is 24.1. The van der Waals surface area contributed by atoms with E-state index in [1.807, 2.05) is 6.07 Å². The lowest BCUT2D eigenvalue weighted by Crippen LogP contribution is -2.26. The van der Waals surface area contributed by atoms with Crippen molar-refractivity contribution in [3.63, 3.8) is 0 Å². The van der Waals surface area contributed by atoms with E-state index in [0.29, 0.717) is 62.1 Å². The molecular formula is C34H30O9. The summed E-state index contributed by atoms with van der Waals surface area (Å²) >= 11 is 0. The van der Waals surface area contributed by atoms with Crippen LogP contribution < -0.4 is 28.4 Å². The van der Waals surface area contributed by atoms with Gasteiger partial charge in [0.15, 0.2) is 23.1 Å². The second-order valence-corrected chi connectivity index (χ2v) is 10.2. The summed E-state index contributed by atoms with van der Waals surface area (Å²) in [5, 5.41) is 11.2. The highest BCUT2D eigenvalue weighted by atomic mass is 16.5. The smallest absolute Gasteiger partial charge is 0.177 e. The first-order chi connectivity index (χ1) is 20.9. The molecular weight excluding hydrogens is 552 g/mol. The average molecular weight is 583 g/mol. The molecule has 1 N–H and O–H groups in total. The van der Waals surface area contributed by atoms with Crippen LogP contribution in [0.2, 0.25) is 0 Å². The molecule has 0 spiro atoms. The molecule has 0 saturated carbocycles. The van der Waals surface area contributed by atoms with Crippen LogP contribution in [0.4, 0.5) is 0 Å². The van der Waals surface area contributed by atoms with Crippen molar-refractivity contribution in [2.24, 2.45) is 0 Å². The van der Waals surface area contributed by atoms with E-state index in [-0.39, 0.29) is 36.1 Å². The van der Waals surface area contributed by atoms with Gasteiger partial charge in [0.25, 0.3) is 0 Å². The zero-order chi connectivity index (χ0) is 30.2. The van der Waals surface area contributed by atoms with Gasteiger partial charge in [-0.1, -0.05) is 12.1 Å². The maximum atomic E-state index is 13.6. The molecule has 9 nitrogen and oxygen atoms in total. The lowest BCUT2D eigenvalue weighted by atomic mass is 9.86. The molecule has 2 atom stereocenters. The van der Waals surface area contributed by atoms with E-state index >= 15 is 0 Å². The largest absolute Gasteiger partial charge is 0.507 e. The van der Waals surface area contributed by atoms with Crippen molar-refractivity contribution in [3.8, 4) is 51.4 Å². The molecule has 4 aromatic rings. The first-order valence-corrected chi connectivity index (χ1v) is 13.7. The van der Waals surface area contributed by atoms with Gasteiger partial charge in [0.2, 0.25) is 0 Å². The Morgan fingerprint density at radius 2 is 1.44 bits per heavy atom. The van der Waals surface area contributed by atoms with Gasteiger partial charge in [0.1, 0.15) is 41.5 Å². The highest BCUT2D eigenvalue weighted by Gasteiger charge is 2.35. The van der Waals surface area contributed by atoms with Crippen LogP contribution >= 0.6 is 0 Å². The van der Waals surface area contributed by atoms with Gasteiger partial charge in [-0.3, -0.25) is 9.59 Å². The van der Waals surface area contributed by atoms with Crippen molar-refractivity contribution < 1.29 is 43.1 Å². The zero-order valence-corrected chi connectivity index (χ0v) is 24.1. The van der Waals surface area contributed by atoms with Crippen molar-refractivity contribution in [2.75, 3.05) is 35.0 Å². The Morgan fingerprint density at radius 3 is 2.19 bits per heavy atom. The number of phenols is 1. The summed E-state index contributed by atoms with van der Waals surface area (Å²) in [6, 6.07) is 18.8. The second kappa shape index (κ2) is 11.2. The molecule has 0 fully saturated rings. The molecule has 2 heterocycles. The van der Waals surface area contributed by atoms with Gasteiger partial charge >= 0.3 is 0 Å². The number of aromatic hydroxyl groups is 1. The van der Waals surface area contributed by atoms with Gasteiger partial charge in [-0.2, -0.15) is 0 Å². The summed E-state index contributed by atoms with van der Waals surface area (Å²) in [5.74, 6) is 1.86. The third-order valence-corrected chi connectivity index (χ3v) is 7.92. The van der Waals surface area contributed by atoms with E-state index in [0.717, 1.165) is 0 Å². The first-order valence-electron chi connectivity index (χ1n) is 13.7. The van der Waals surface area contributed by atoms with Gasteiger partial charge in [-0.25, -0.2) is 0 Å². The molecule has 220 valence electrons. The Labute approximate surface area is 248 Å². The number of ketones is 2. The molecule has 0 unspecified atom stereocenters. The molecule has 6 rings (SSSR count). The Balaban J connectivity index is 1.42. The van der Waals surface area contributed by atoms with Crippen LogP contribution in [-0.2, 0) is 0 Å². The lowest BCUT2D eigenvalue weighted by molar-refractivity contribution is 0.0849. The number of benzene rings is 4. The van der Waals surface area contributed by atoms with Crippen molar-refractivity contribution in [1.29, 1.82) is 0 Å². The summed E-state index contributed by atoms with van der Waals surface area (Å²) < 4.78 is 34.2. The van der Waals surface area contributed by atoms with E-state index in [1.165, 1.54) is 20.3 Å². The van der Waals surface area contributed by atoms with Crippen LogP contribution in [0.25, 0.3) is 11.1 Å². The topological polar surface area (TPSA) is 110 Å². The molecule has 43 heavy (non-hydrogen) atoms. The van der Waals surface area contributed by atoms with Crippen molar-refractivity contribution in [3.05, 3.63) is 89.0 Å². The molecule has 0 aromatic heterocycles. The van der Waals surface area contributed by atoms with Crippen LogP contribution in [0.1, 0.15) is 50.3 Å². The van der Waals surface area contributed by atoms with E-state index in [1.54, 1.807) is 68.8 Å². The highest BCUT2D eigenvalue weighted by molar-refractivity contribution is 6.05. The molecule has 2 aliphatic heterocycles. The number of Topliss-reactive ketones (excluding diaryl/α,β-unsaturated/α-hetero) is 2. The van der Waals surface area contributed by atoms with Gasteiger partial charge in [-0.15, -0.1) is 0 Å². The SMILES string of the molecule is COc1ccc2c(c1)OC[C@@H](c1ccc(OC)c(-c3c(O)ccc4c3O[C@@H](c3ccc(OC)c(OC)c3)CC4=O)c1)C2=O. The minimum atomic E-state index is -0.642. The molecule has 2 aliphatic rings. The van der Waals surface area contributed by atoms with E-state index < -0.39 is 12.0 Å². The quantitative estimate of drug-likeness (QED) is 0.274. The van der Waals surface area contributed by atoms with Crippen molar-refractivity contribution in [2.45, 2.75) is 18.4 Å². The fourth-order valence-corrected chi connectivity index (χ4v) is 5.65. The fourth-order valence-electron chi connectivity index (χ4n) is 5.65. The molecule has 0 bridgehead atoms. The maximum absolute atomic E-state index is 13.6. The predicted octanol–water partition coefficient (Wildman–Crippen LogP) is 6.16. The molecule has 0 aliphatic carbocycles. The number of carbonyl (C=O) groups excluding carboxylic acids is 2. The number of fused-ring (bicyclic) bond motifs is 2. The minimum absolute atomic E-state index is 0.0979. The van der Waals surface area contributed by atoms with Crippen molar-refractivity contribution in [1.82, 2.24) is 0 Å². The number of carbonyl (C=O) groups is 2. The lowest BCUT2D eigenvalue weighted by Gasteiger charge is -2.29. The fraction of sp³-hybridized carbons (Fsp3) is 0.235. The first kappa shape index (κ1) is 28.0. The number of rotatable bonds is 7. The van der Waals surface area contributed by atoms with E-state index in [4.69, 9.17) is 28.4 Å². The Hall–Kier alpha value is -5.18. The number of hydrogen-bond donors (Lipinski definition) is 1. The number of phenolic OH excluding ortho intramolecular Hbond substituents is 1. The molecule has 4 aromatic carbocycles. The van der Waals surface area contributed by atoms with Crippen LogP contribution in [0.15, 0.2) is 66.7 Å². The minimum Gasteiger partial charge on any atom is -0.507 e. The van der Waals surface area contributed by atoms with Gasteiger partial charge < -0.3 is 33.5 Å². The molecule has 0 radical (unpaired) electrons. The van der Waals surface area contributed by atoms with Crippen LogP contribution in [0.3, 0.4) is 0 Å². The number of ether oxygens (including phenoxy) is 6. The van der Waals surface area contributed by atoms with Gasteiger partial charge in [0.05, 0.1) is 57.5 Å². The van der Waals surface area contributed by atoms with E-state index in [9.17, 15) is 14.7 Å². The Bertz CT molecular complexity index is 1740. The molecule has 9 heteroatoms. The number of methoxy groups -OCH3 is 4. The summed E-state index contributed by atoms with van der Waals surface area (Å²) in [6.45, 7) is 0.125. The van der Waals surface area contributed by atoms with Crippen LogP contribution in [-0.4, -0.2) is 51.7 Å². The third kappa shape index (κ3) is 4.86. The van der Waals surface area contributed by atoms with Crippen LogP contribution in [0, 0.1) is 0 Å². The van der Waals surface area contributed by atoms with Crippen LogP contribution in [0.5, 0.6) is 40.2 Å². The maximum Gasteiger partial charge on any atom is 0.177 e. The normalized spacial score (nSPS) is 17.2. The summed E-state index contributed by atoms with van der Waals surface area (Å²) in [4.78, 5) is 27.0. The average Bonchev–Trinajstić information content (AvgIpc) is 3.04. The van der Waals surface area contributed by atoms with E-state index in [2.05, 4.69) is 0 Å².